The average molecular weight is 198 g/mol. The number of thioether (sulfide) groups is 2. The third kappa shape index (κ3) is 1.93. The van der Waals surface area contributed by atoms with Gasteiger partial charge in [0, 0.05) is 35.8 Å². The summed E-state index contributed by atoms with van der Waals surface area (Å²) in [6, 6.07) is 0. The Balaban J connectivity index is 2.08. The van der Waals surface area contributed by atoms with E-state index in [0.717, 1.165) is 5.69 Å². The molecule has 0 saturated carbocycles. The SMILES string of the molecule is c1cnc(C2CSCCS2)cn1. The molecule has 0 aromatic carbocycles. The minimum atomic E-state index is 0.567. The molecule has 2 rings (SSSR count). The molecule has 1 aliphatic rings. The van der Waals surface area contributed by atoms with Gasteiger partial charge >= 0.3 is 0 Å². The van der Waals surface area contributed by atoms with Crippen molar-refractivity contribution in [2.45, 2.75) is 5.25 Å². The number of aromatic nitrogens is 2. The first-order valence-corrected chi connectivity index (χ1v) is 6.12. The molecule has 2 heterocycles. The summed E-state index contributed by atoms with van der Waals surface area (Å²) in [4.78, 5) is 8.38. The third-order valence-electron chi connectivity index (χ3n) is 1.73. The van der Waals surface area contributed by atoms with Crippen LogP contribution in [0.5, 0.6) is 0 Å². The summed E-state index contributed by atoms with van der Waals surface area (Å²) in [6.45, 7) is 0. The second kappa shape index (κ2) is 4.14. The molecule has 0 bridgehead atoms. The first kappa shape index (κ1) is 8.38. The fraction of sp³-hybridized carbons (Fsp3) is 0.500. The largest absolute Gasteiger partial charge is 0.261 e. The molecular formula is C8H10N2S2. The van der Waals surface area contributed by atoms with Crippen LogP contribution in [0.3, 0.4) is 0 Å². The summed E-state index contributed by atoms with van der Waals surface area (Å²) >= 11 is 4.00. The Hall–Kier alpha value is -0.220. The first-order chi connectivity index (χ1) is 5.97. The summed E-state index contributed by atoms with van der Waals surface area (Å²) in [7, 11) is 0. The molecule has 0 amide bonds. The zero-order chi connectivity index (χ0) is 8.23. The fourth-order valence-corrected chi connectivity index (χ4v) is 3.79. The Morgan fingerprint density at radius 3 is 3.00 bits per heavy atom. The maximum absolute atomic E-state index is 4.31. The standard InChI is InChI=1S/C8H10N2S2/c1-2-10-7(5-9-1)8-6-11-3-4-12-8/h1-2,5,8H,3-4,6H2. The molecule has 64 valence electrons. The molecule has 0 aliphatic carbocycles. The van der Waals surface area contributed by atoms with Crippen LogP contribution in [0.25, 0.3) is 0 Å². The number of nitrogens with zero attached hydrogens (tertiary/aromatic N) is 2. The van der Waals surface area contributed by atoms with Gasteiger partial charge in [0.25, 0.3) is 0 Å². The molecule has 1 aliphatic heterocycles. The molecule has 1 unspecified atom stereocenters. The van der Waals surface area contributed by atoms with Crippen LogP contribution < -0.4 is 0 Å². The second-order valence-electron chi connectivity index (χ2n) is 2.56. The van der Waals surface area contributed by atoms with Crippen molar-refractivity contribution < 1.29 is 0 Å². The molecule has 1 fully saturated rings. The van der Waals surface area contributed by atoms with Crippen LogP contribution in [-0.4, -0.2) is 27.2 Å². The van der Waals surface area contributed by atoms with Gasteiger partial charge in [-0.2, -0.15) is 23.5 Å². The lowest BCUT2D eigenvalue weighted by Gasteiger charge is -2.19. The van der Waals surface area contributed by atoms with Crippen molar-refractivity contribution in [2.24, 2.45) is 0 Å². The predicted molar refractivity (Wildman–Crippen MR) is 54.6 cm³/mol. The van der Waals surface area contributed by atoms with Gasteiger partial charge in [0.2, 0.25) is 0 Å². The van der Waals surface area contributed by atoms with Gasteiger partial charge in [-0.3, -0.25) is 9.97 Å². The number of hydrogen-bond donors (Lipinski definition) is 0. The number of hydrogen-bond acceptors (Lipinski definition) is 4. The molecule has 12 heavy (non-hydrogen) atoms. The van der Waals surface area contributed by atoms with Crippen LogP contribution in [0.4, 0.5) is 0 Å². The lowest BCUT2D eigenvalue weighted by molar-refractivity contribution is 0.980. The highest BCUT2D eigenvalue weighted by Crippen LogP contribution is 2.35. The van der Waals surface area contributed by atoms with Gasteiger partial charge in [-0.15, -0.1) is 0 Å². The summed E-state index contributed by atoms with van der Waals surface area (Å²) in [5.74, 6) is 3.71. The van der Waals surface area contributed by atoms with Crippen LogP contribution >= 0.6 is 23.5 Å². The van der Waals surface area contributed by atoms with Gasteiger partial charge in [-0.05, 0) is 0 Å². The zero-order valence-corrected chi connectivity index (χ0v) is 8.27. The van der Waals surface area contributed by atoms with Crippen molar-refractivity contribution in [1.29, 1.82) is 0 Å². The topological polar surface area (TPSA) is 25.8 Å². The molecule has 4 heteroatoms. The summed E-state index contributed by atoms with van der Waals surface area (Å²) in [6.07, 6.45) is 5.38. The molecule has 1 atom stereocenters. The van der Waals surface area contributed by atoms with Crippen molar-refractivity contribution >= 4 is 23.5 Å². The lowest BCUT2D eigenvalue weighted by atomic mass is 10.3. The highest BCUT2D eigenvalue weighted by atomic mass is 32.2. The van der Waals surface area contributed by atoms with Crippen molar-refractivity contribution in [2.75, 3.05) is 17.3 Å². The smallest absolute Gasteiger partial charge is 0.0724 e. The van der Waals surface area contributed by atoms with Crippen LogP contribution in [0.2, 0.25) is 0 Å². The molecule has 1 saturated heterocycles. The van der Waals surface area contributed by atoms with Gasteiger partial charge < -0.3 is 0 Å². The summed E-state index contributed by atoms with van der Waals surface area (Å²) in [5.41, 5.74) is 1.13. The van der Waals surface area contributed by atoms with Crippen LogP contribution in [-0.2, 0) is 0 Å². The Morgan fingerprint density at radius 2 is 2.33 bits per heavy atom. The van der Waals surface area contributed by atoms with Crippen LogP contribution in [0.1, 0.15) is 10.9 Å². The van der Waals surface area contributed by atoms with E-state index in [2.05, 4.69) is 9.97 Å². The summed E-state index contributed by atoms with van der Waals surface area (Å²) in [5, 5.41) is 0.567. The zero-order valence-electron chi connectivity index (χ0n) is 6.64. The van der Waals surface area contributed by atoms with E-state index in [1.54, 1.807) is 12.4 Å². The average Bonchev–Trinajstić information content (AvgIpc) is 2.21. The predicted octanol–water partition coefficient (Wildman–Crippen LogP) is 2.00. The fourth-order valence-electron chi connectivity index (χ4n) is 1.14. The van der Waals surface area contributed by atoms with Crippen LogP contribution in [0, 0.1) is 0 Å². The molecule has 0 radical (unpaired) electrons. The van der Waals surface area contributed by atoms with Gasteiger partial charge in [-0.25, -0.2) is 0 Å². The van der Waals surface area contributed by atoms with Gasteiger partial charge in [-0.1, -0.05) is 0 Å². The van der Waals surface area contributed by atoms with Crippen molar-refractivity contribution in [3.63, 3.8) is 0 Å². The van der Waals surface area contributed by atoms with Gasteiger partial charge in [0.1, 0.15) is 0 Å². The van der Waals surface area contributed by atoms with Gasteiger partial charge in [0.15, 0.2) is 0 Å². The second-order valence-corrected chi connectivity index (χ2v) is 5.03. The van der Waals surface area contributed by atoms with E-state index in [1.807, 2.05) is 29.7 Å². The van der Waals surface area contributed by atoms with Crippen molar-refractivity contribution in [1.82, 2.24) is 9.97 Å². The Labute approximate surface area is 80.6 Å². The maximum Gasteiger partial charge on any atom is 0.0724 e. The van der Waals surface area contributed by atoms with Gasteiger partial charge in [0.05, 0.1) is 10.9 Å². The Bertz CT molecular complexity index is 234. The highest BCUT2D eigenvalue weighted by molar-refractivity contribution is 8.06. The first-order valence-electron chi connectivity index (χ1n) is 3.92. The van der Waals surface area contributed by atoms with E-state index in [4.69, 9.17) is 0 Å². The molecular weight excluding hydrogens is 188 g/mol. The minimum Gasteiger partial charge on any atom is -0.261 e. The molecule has 2 nitrogen and oxygen atoms in total. The minimum absolute atomic E-state index is 0.567. The number of rotatable bonds is 1. The van der Waals surface area contributed by atoms with Crippen LogP contribution in [0.15, 0.2) is 18.6 Å². The van der Waals surface area contributed by atoms with Crippen molar-refractivity contribution in [3.05, 3.63) is 24.3 Å². The molecule has 1 aromatic rings. The van der Waals surface area contributed by atoms with E-state index < -0.39 is 0 Å². The molecule has 1 aromatic heterocycles. The van der Waals surface area contributed by atoms with E-state index in [1.165, 1.54) is 17.3 Å². The normalized spacial score (nSPS) is 23.8. The summed E-state index contributed by atoms with van der Waals surface area (Å²) < 4.78 is 0. The van der Waals surface area contributed by atoms with E-state index in [9.17, 15) is 0 Å². The third-order valence-corrected chi connectivity index (χ3v) is 4.51. The Morgan fingerprint density at radius 1 is 1.33 bits per heavy atom. The van der Waals surface area contributed by atoms with E-state index >= 15 is 0 Å². The highest BCUT2D eigenvalue weighted by Gasteiger charge is 2.17. The lowest BCUT2D eigenvalue weighted by Crippen LogP contribution is -2.08. The molecule has 0 spiro atoms. The monoisotopic (exact) mass is 198 g/mol. The quantitative estimate of drug-likeness (QED) is 0.689. The van der Waals surface area contributed by atoms with E-state index in [-0.39, 0.29) is 0 Å². The molecule has 0 N–H and O–H groups in total. The van der Waals surface area contributed by atoms with Crippen molar-refractivity contribution in [3.8, 4) is 0 Å². The Kier molecular flexibility index (Phi) is 2.89. The van der Waals surface area contributed by atoms with E-state index in [0.29, 0.717) is 5.25 Å². The maximum atomic E-state index is 4.31.